The number of nitrogens with two attached hydrogens (primary N) is 1. The standard InChI is InChI=1S/C11H18N4O3/c1-11(2,3)17-10(16)15-5-7(6-15)9-13-8(4-12)18-14-9/h7H,4-6,12H2,1-3H3. The summed E-state index contributed by atoms with van der Waals surface area (Å²) >= 11 is 0. The first-order valence-electron chi connectivity index (χ1n) is 5.89. The van der Waals surface area contributed by atoms with Crippen LogP contribution in [0.15, 0.2) is 4.52 Å². The fraction of sp³-hybridized carbons (Fsp3) is 0.727. The van der Waals surface area contributed by atoms with Gasteiger partial charge in [-0.3, -0.25) is 0 Å². The third kappa shape index (κ3) is 2.79. The van der Waals surface area contributed by atoms with E-state index in [1.165, 1.54) is 0 Å². The van der Waals surface area contributed by atoms with E-state index in [1.807, 2.05) is 20.8 Å². The van der Waals surface area contributed by atoms with Gasteiger partial charge in [0.25, 0.3) is 0 Å². The molecule has 2 heterocycles. The summed E-state index contributed by atoms with van der Waals surface area (Å²) in [7, 11) is 0. The predicted molar refractivity (Wildman–Crippen MR) is 62.7 cm³/mol. The van der Waals surface area contributed by atoms with Gasteiger partial charge in [0.2, 0.25) is 5.89 Å². The van der Waals surface area contributed by atoms with Crippen molar-refractivity contribution in [1.82, 2.24) is 15.0 Å². The van der Waals surface area contributed by atoms with Crippen LogP contribution < -0.4 is 5.73 Å². The van der Waals surface area contributed by atoms with Gasteiger partial charge in [0.05, 0.1) is 12.5 Å². The van der Waals surface area contributed by atoms with Crippen LogP contribution in [0.2, 0.25) is 0 Å². The molecule has 2 rings (SSSR count). The molecule has 0 aliphatic carbocycles. The number of carbonyl (C=O) groups is 1. The molecule has 0 spiro atoms. The van der Waals surface area contributed by atoms with Gasteiger partial charge in [0.1, 0.15) is 5.60 Å². The van der Waals surface area contributed by atoms with Gasteiger partial charge in [-0.2, -0.15) is 4.98 Å². The molecule has 0 radical (unpaired) electrons. The number of carbonyl (C=O) groups excluding carboxylic acids is 1. The van der Waals surface area contributed by atoms with Gasteiger partial charge in [-0.1, -0.05) is 5.16 Å². The molecule has 1 amide bonds. The van der Waals surface area contributed by atoms with E-state index in [2.05, 4.69) is 10.1 Å². The number of ether oxygens (including phenoxy) is 1. The smallest absolute Gasteiger partial charge is 0.410 e. The van der Waals surface area contributed by atoms with E-state index >= 15 is 0 Å². The van der Waals surface area contributed by atoms with Crippen molar-refractivity contribution in [2.45, 2.75) is 38.8 Å². The van der Waals surface area contributed by atoms with Gasteiger partial charge >= 0.3 is 6.09 Å². The molecular formula is C11H18N4O3. The Morgan fingerprint density at radius 3 is 2.72 bits per heavy atom. The van der Waals surface area contributed by atoms with Crippen LogP contribution in [0.4, 0.5) is 4.79 Å². The number of aromatic nitrogens is 2. The first-order chi connectivity index (χ1) is 8.39. The lowest BCUT2D eigenvalue weighted by molar-refractivity contribution is 0.00734. The van der Waals surface area contributed by atoms with E-state index in [4.69, 9.17) is 15.0 Å². The summed E-state index contributed by atoms with van der Waals surface area (Å²) in [4.78, 5) is 17.5. The maximum atomic E-state index is 11.7. The van der Waals surface area contributed by atoms with Crippen molar-refractivity contribution in [3.8, 4) is 0 Å². The molecule has 7 nitrogen and oxygen atoms in total. The molecule has 1 aliphatic rings. The van der Waals surface area contributed by atoms with E-state index in [-0.39, 0.29) is 18.6 Å². The molecule has 7 heteroatoms. The maximum Gasteiger partial charge on any atom is 0.410 e. The minimum Gasteiger partial charge on any atom is -0.444 e. The van der Waals surface area contributed by atoms with Gasteiger partial charge in [0, 0.05) is 13.1 Å². The van der Waals surface area contributed by atoms with Gasteiger partial charge < -0.3 is 19.9 Å². The van der Waals surface area contributed by atoms with E-state index in [0.717, 1.165) is 0 Å². The average molecular weight is 254 g/mol. The average Bonchev–Trinajstić information content (AvgIpc) is 2.60. The van der Waals surface area contributed by atoms with Crippen molar-refractivity contribution < 1.29 is 14.1 Å². The lowest BCUT2D eigenvalue weighted by atomic mass is 10.0. The fourth-order valence-electron chi connectivity index (χ4n) is 1.63. The van der Waals surface area contributed by atoms with Crippen molar-refractivity contribution in [2.75, 3.05) is 13.1 Å². The van der Waals surface area contributed by atoms with Crippen molar-refractivity contribution in [3.63, 3.8) is 0 Å². The zero-order valence-corrected chi connectivity index (χ0v) is 10.8. The zero-order chi connectivity index (χ0) is 13.3. The normalized spacial score (nSPS) is 16.6. The van der Waals surface area contributed by atoms with E-state index in [1.54, 1.807) is 4.90 Å². The molecule has 18 heavy (non-hydrogen) atoms. The van der Waals surface area contributed by atoms with E-state index in [0.29, 0.717) is 24.8 Å². The number of nitrogens with zero attached hydrogens (tertiary/aromatic N) is 3. The quantitative estimate of drug-likeness (QED) is 0.841. The van der Waals surface area contributed by atoms with Crippen LogP contribution in [0.1, 0.15) is 38.4 Å². The minimum absolute atomic E-state index is 0.113. The number of hydrogen-bond acceptors (Lipinski definition) is 6. The van der Waals surface area contributed by atoms with Crippen molar-refractivity contribution in [2.24, 2.45) is 5.73 Å². The van der Waals surface area contributed by atoms with Crippen LogP contribution in [0.3, 0.4) is 0 Å². The molecule has 0 unspecified atom stereocenters. The molecule has 100 valence electrons. The van der Waals surface area contributed by atoms with Crippen molar-refractivity contribution in [1.29, 1.82) is 0 Å². The highest BCUT2D eigenvalue weighted by Crippen LogP contribution is 2.26. The summed E-state index contributed by atoms with van der Waals surface area (Å²) in [5.41, 5.74) is 4.92. The Morgan fingerprint density at radius 2 is 2.22 bits per heavy atom. The number of amides is 1. The molecule has 0 aromatic carbocycles. The highest BCUT2D eigenvalue weighted by Gasteiger charge is 2.37. The van der Waals surface area contributed by atoms with Crippen molar-refractivity contribution >= 4 is 6.09 Å². The molecule has 0 atom stereocenters. The Labute approximate surface area is 105 Å². The largest absolute Gasteiger partial charge is 0.444 e. The third-order valence-corrected chi connectivity index (χ3v) is 2.56. The first-order valence-corrected chi connectivity index (χ1v) is 5.89. The Bertz CT molecular complexity index is 432. The Morgan fingerprint density at radius 1 is 1.56 bits per heavy atom. The summed E-state index contributed by atoms with van der Waals surface area (Å²) in [5, 5.41) is 3.83. The summed E-state index contributed by atoms with van der Waals surface area (Å²) in [6, 6.07) is 0. The lowest BCUT2D eigenvalue weighted by Crippen LogP contribution is -2.50. The second kappa shape index (κ2) is 4.56. The molecule has 0 saturated carbocycles. The van der Waals surface area contributed by atoms with Crippen LogP contribution in [0, 0.1) is 0 Å². The summed E-state index contributed by atoms with van der Waals surface area (Å²) in [5.74, 6) is 1.14. The second-order valence-corrected chi connectivity index (χ2v) is 5.33. The summed E-state index contributed by atoms with van der Waals surface area (Å²) in [6.45, 7) is 6.87. The molecule has 0 bridgehead atoms. The van der Waals surface area contributed by atoms with Crippen LogP contribution in [0.5, 0.6) is 0 Å². The third-order valence-electron chi connectivity index (χ3n) is 2.56. The van der Waals surface area contributed by atoms with Crippen LogP contribution in [0.25, 0.3) is 0 Å². The maximum absolute atomic E-state index is 11.7. The predicted octanol–water partition coefficient (Wildman–Crippen LogP) is 0.863. The fourth-order valence-corrected chi connectivity index (χ4v) is 1.63. The molecular weight excluding hydrogens is 236 g/mol. The minimum atomic E-state index is -0.471. The highest BCUT2D eigenvalue weighted by atomic mass is 16.6. The SMILES string of the molecule is CC(C)(C)OC(=O)N1CC(c2noc(CN)n2)C1. The Hall–Kier alpha value is -1.63. The molecule has 1 saturated heterocycles. The zero-order valence-electron chi connectivity index (χ0n) is 10.8. The highest BCUT2D eigenvalue weighted by molar-refractivity contribution is 5.69. The van der Waals surface area contributed by atoms with Gasteiger partial charge in [-0.25, -0.2) is 4.79 Å². The first kappa shape index (κ1) is 12.8. The second-order valence-electron chi connectivity index (χ2n) is 5.33. The van der Waals surface area contributed by atoms with Crippen LogP contribution in [-0.4, -0.2) is 39.8 Å². The number of rotatable bonds is 2. The van der Waals surface area contributed by atoms with Crippen LogP contribution in [-0.2, 0) is 11.3 Å². The topological polar surface area (TPSA) is 94.5 Å². The molecule has 2 N–H and O–H groups in total. The molecule has 1 aliphatic heterocycles. The van der Waals surface area contributed by atoms with Gasteiger partial charge in [-0.05, 0) is 20.8 Å². The van der Waals surface area contributed by atoms with Gasteiger partial charge in [-0.15, -0.1) is 0 Å². The Balaban J connectivity index is 1.85. The van der Waals surface area contributed by atoms with Gasteiger partial charge in [0.15, 0.2) is 5.82 Å². The number of hydrogen-bond donors (Lipinski definition) is 1. The lowest BCUT2D eigenvalue weighted by Gasteiger charge is -2.38. The van der Waals surface area contributed by atoms with Crippen molar-refractivity contribution in [3.05, 3.63) is 11.7 Å². The van der Waals surface area contributed by atoms with E-state index < -0.39 is 5.60 Å². The summed E-state index contributed by atoms with van der Waals surface area (Å²) < 4.78 is 10.2. The molecule has 1 aromatic heterocycles. The molecule has 1 aromatic rings. The molecule has 1 fully saturated rings. The van der Waals surface area contributed by atoms with Crippen LogP contribution >= 0.6 is 0 Å². The summed E-state index contributed by atoms with van der Waals surface area (Å²) in [6.07, 6.45) is -0.304. The van der Waals surface area contributed by atoms with E-state index in [9.17, 15) is 4.79 Å². The Kier molecular flexibility index (Phi) is 3.25. The monoisotopic (exact) mass is 254 g/mol. The number of likely N-dealkylation sites (tertiary alicyclic amines) is 1.